The lowest BCUT2D eigenvalue weighted by Crippen LogP contribution is -2.30. The third-order valence-electron chi connectivity index (χ3n) is 4.88. The SMILES string of the molecule is CCOc1ccc(NC(=O)C(C)Oc2ccc(C(=O)Nc3ccccc3CC)cc2)cc1. The monoisotopic (exact) mass is 432 g/mol. The summed E-state index contributed by atoms with van der Waals surface area (Å²) in [5.74, 6) is 0.785. The number of nitrogens with one attached hydrogen (secondary N) is 2. The highest BCUT2D eigenvalue weighted by Gasteiger charge is 2.16. The topological polar surface area (TPSA) is 76.7 Å². The molecule has 2 amide bonds. The molecular weight excluding hydrogens is 404 g/mol. The molecule has 0 aliphatic rings. The number of rotatable bonds is 9. The van der Waals surface area contributed by atoms with E-state index in [1.54, 1.807) is 55.5 Å². The van der Waals surface area contributed by atoms with Crippen LogP contribution in [0.4, 0.5) is 11.4 Å². The van der Waals surface area contributed by atoms with E-state index in [1.165, 1.54) is 0 Å². The molecule has 0 aliphatic carbocycles. The Bertz CT molecular complexity index is 1050. The molecule has 1 atom stereocenters. The second kappa shape index (κ2) is 11.0. The normalized spacial score (nSPS) is 11.3. The zero-order valence-corrected chi connectivity index (χ0v) is 18.6. The Kier molecular flexibility index (Phi) is 7.86. The Hall–Kier alpha value is -3.80. The number of para-hydroxylation sites is 1. The summed E-state index contributed by atoms with van der Waals surface area (Å²) in [6.07, 6.45) is 0.123. The van der Waals surface area contributed by atoms with Gasteiger partial charge in [0.1, 0.15) is 11.5 Å². The van der Waals surface area contributed by atoms with E-state index in [2.05, 4.69) is 10.6 Å². The van der Waals surface area contributed by atoms with Crippen LogP contribution in [0.3, 0.4) is 0 Å². The highest BCUT2D eigenvalue weighted by atomic mass is 16.5. The van der Waals surface area contributed by atoms with E-state index in [0.717, 1.165) is 23.4 Å². The second-order valence-corrected chi connectivity index (χ2v) is 7.20. The van der Waals surface area contributed by atoms with Gasteiger partial charge in [-0.3, -0.25) is 9.59 Å². The Labute approximate surface area is 188 Å². The number of hydrogen-bond donors (Lipinski definition) is 2. The second-order valence-electron chi connectivity index (χ2n) is 7.20. The molecule has 6 nitrogen and oxygen atoms in total. The van der Waals surface area contributed by atoms with Crippen LogP contribution in [0.15, 0.2) is 72.8 Å². The summed E-state index contributed by atoms with van der Waals surface area (Å²) in [7, 11) is 0. The van der Waals surface area contributed by atoms with Crippen molar-refractivity contribution in [2.45, 2.75) is 33.3 Å². The molecule has 2 N–H and O–H groups in total. The van der Waals surface area contributed by atoms with Crippen LogP contribution in [0, 0.1) is 0 Å². The molecule has 0 aliphatic heterocycles. The average molecular weight is 433 g/mol. The van der Waals surface area contributed by atoms with Gasteiger partial charge in [0, 0.05) is 16.9 Å². The van der Waals surface area contributed by atoms with Crippen molar-refractivity contribution in [2.75, 3.05) is 17.2 Å². The number of anilines is 2. The van der Waals surface area contributed by atoms with Gasteiger partial charge in [-0.15, -0.1) is 0 Å². The van der Waals surface area contributed by atoms with Crippen LogP contribution in [0.25, 0.3) is 0 Å². The van der Waals surface area contributed by atoms with E-state index in [-0.39, 0.29) is 11.8 Å². The first-order valence-corrected chi connectivity index (χ1v) is 10.7. The maximum atomic E-state index is 12.6. The fourth-order valence-electron chi connectivity index (χ4n) is 3.13. The van der Waals surface area contributed by atoms with Crippen molar-refractivity contribution in [2.24, 2.45) is 0 Å². The van der Waals surface area contributed by atoms with E-state index in [9.17, 15) is 9.59 Å². The molecule has 3 aromatic rings. The highest BCUT2D eigenvalue weighted by molar-refractivity contribution is 6.04. The van der Waals surface area contributed by atoms with Crippen molar-refractivity contribution in [3.05, 3.63) is 83.9 Å². The van der Waals surface area contributed by atoms with Crippen LogP contribution in [0.1, 0.15) is 36.7 Å². The van der Waals surface area contributed by atoms with E-state index >= 15 is 0 Å². The van der Waals surface area contributed by atoms with Gasteiger partial charge < -0.3 is 20.1 Å². The number of hydrogen-bond acceptors (Lipinski definition) is 4. The van der Waals surface area contributed by atoms with E-state index in [1.807, 2.05) is 38.1 Å². The van der Waals surface area contributed by atoms with Crippen molar-refractivity contribution in [1.29, 1.82) is 0 Å². The minimum Gasteiger partial charge on any atom is -0.494 e. The van der Waals surface area contributed by atoms with Crippen molar-refractivity contribution in [3.63, 3.8) is 0 Å². The Morgan fingerprint density at radius 3 is 2.16 bits per heavy atom. The van der Waals surface area contributed by atoms with Gasteiger partial charge in [-0.2, -0.15) is 0 Å². The fraction of sp³-hybridized carbons (Fsp3) is 0.231. The van der Waals surface area contributed by atoms with Gasteiger partial charge in [0.2, 0.25) is 0 Å². The van der Waals surface area contributed by atoms with Gasteiger partial charge >= 0.3 is 0 Å². The molecule has 6 heteroatoms. The maximum Gasteiger partial charge on any atom is 0.265 e. The quantitative estimate of drug-likeness (QED) is 0.481. The zero-order valence-electron chi connectivity index (χ0n) is 18.6. The van der Waals surface area contributed by atoms with Crippen molar-refractivity contribution in [1.82, 2.24) is 0 Å². The number of ether oxygens (including phenoxy) is 2. The molecule has 0 saturated carbocycles. The molecule has 0 radical (unpaired) electrons. The number of carbonyl (C=O) groups is 2. The summed E-state index contributed by atoms with van der Waals surface area (Å²) in [6, 6.07) is 21.6. The maximum absolute atomic E-state index is 12.6. The van der Waals surface area contributed by atoms with Gasteiger partial charge in [-0.1, -0.05) is 25.1 Å². The molecule has 0 fully saturated rings. The molecule has 0 spiro atoms. The van der Waals surface area contributed by atoms with Gasteiger partial charge in [-0.05, 0) is 80.4 Å². The largest absolute Gasteiger partial charge is 0.494 e. The highest BCUT2D eigenvalue weighted by Crippen LogP contribution is 2.20. The van der Waals surface area contributed by atoms with Gasteiger partial charge in [0.05, 0.1) is 6.61 Å². The van der Waals surface area contributed by atoms with E-state index in [0.29, 0.717) is 23.6 Å². The Morgan fingerprint density at radius 2 is 1.50 bits per heavy atom. The van der Waals surface area contributed by atoms with Crippen LogP contribution < -0.4 is 20.1 Å². The summed E-state index contributed by atoms with van der Waals surface area (Å²) in [4.78, 5) is 25.0. The van der Waals surface area contributed by atoms with Crippen LogP contribution in [0.5, 0.6) is 11.5 Å². The lowest BCUT2D eigenvalue weighted by atomic mass is 10.1. The van der Waals surface area contributed by atoms with Crippen LogP contribution in [-0.2, 0) is 11.2 Å². The summed E-state index contributed by atoms with van der Waals surface area (Å²) in [5, 5.41) is 5.76. The van der Waals surface area contributed by atoms with Crippen molar-refractivity contribution < 1.29 is 19.1 Å². The third kappa shape index (κ3) is 6.11. The number of aryl methyl sites for hydroxylation is 1. The minimum atomic E-state index is -0.710. The number of amides is 2. The van der Waals surface area contributed by atoms with Gasteiger partial charge in [0.15, 0.2) is 6.10 Å². The first kappa shape index (κ1) is 22.9. The summed E-state index contributed by atoms with van der Waals surface area (Å²) >= 11 is 0. The third-order valence-corrected chi connectivity index (χ3v) is 4.88. The summed E-state index contributed by atoms with van der Waals surface area (Å²) in [6.45, 7) is 6.22. The lowest BCUT2D eigenvalue weighted by Gasteiger charge is -2.15. The Balaban J connectivity index is 1.56. The summed E-state index contributed by atoms with van der Waals surface area (Å²) in [5.41, 5.74) is 3.05. The molecule has 3 rings (SSSR count). The van der Waals surface area contributed by atoms with Crippen molar-refractivity contribution >= 4 is 23.2 Å². The lowest BCUT2D eigenvalue weighted by molar-refractivity contribution is -0.122. The molecule has 166 valence electrons. The molecule has 1 unspecified atom stereocenters. The van der Waals surface area contributed by atoms with Gasteiger partial charge in [0.25, 0.3) is 11.8 Å². The zero-order chi connectivity index (χ0) is 22.9. The number of carbonyl (C=O) groups excluding carboxylic acids is 2. The smallest absolute Gasteiger partial charge is 0.265 e. The summed E-state index contributed by atoms with van der Waals surface area (Å²) < 4.78 is 11.1. The Morgan fingerprint density at radius 1 is 0.844 bits per heavy atom. The van der Waals surface area contributed by atoms with E-state index < -0.39 is 6.10 Å². The fourth-order valence-corrected chi connectivity index (χ4v) is 3.13. The molecular formula is C26H28N2O4. The number of benzene rings is 3. The standard InChI is InChI=1S/C26H28N2O4/c1-4-19-8-6-7-9-24(19)28-26(30)20-10-14-23(15-11-20)32-18(3)25(29)27-21-12-16-22(17-13-21)31-5-2/h6-18H,4-5H2,1-3H3,(H,27,29)(H,28,30). The van der Waals surface area contributed by atoms with Crippen LogP contribution in [-0.4, -0.2) is 24.5 Å². The molecule has 0 saturated heterocycles. The van der Waals surface area contributed by atoms with Crippen LogP contribution >= 0.6 is 0 Å². The molecule has 3 aromatic carbocycles. The van der Waals surface area contributed by atoms with Gasteiger partial charge in [-0.25, -0.2) is 0 Å². The predicted octanol–water partition coefficient (Wildman–Crippen LogP) is 5.31. The molecule has 32 heavy (non-hydrogen) atoms. The van der Waals surface area contributed by atoms with E-state index in [4.69, 9.17) is 9.47 Å². The molecule has 0 aromatic heterocycles. The molecule has 0 bridgehead atoms. The molecule has 0 heterocycles. The predicted molar refractivity (Wildman–Crippen MR) is 127 cm³/mol. The first-order valence-electron chi connectivity index (χ1n) is 10.7. The average Bonchev–Trinajstić information content (AvgIpc) is 2.81. The van der Waals surface area contributed by atoms with Crippen LogP contribution in [0.2, 0.25) is 0 Å². The minimum absolute atomic E-state index is 0.196. The first-order chi connectivity index (χ1) is 15.5. The van der Waals surface area contributed by atoms with Crippen molar-refractivity contribution in [3.8, 4) is 11.5 Å².